The third-order valence-electron chi connectivity index (χ3n) is 7.21. The molecule has 0 aliphatic rings. The highest BCUT2D eigenvalue weighted by molar-refractivity contribution is 7.09. The number of nitrogens with zero attached hydrogens (tertiary/aromatic N) is 1. The Hall–Kier alpha value is -2.86. The standard InChI is InChI=1S/C34H48N2O3S/c1-4-5-6-7-8-9-10-11-12-13-14-15-22-39-33-24-32(38-3)21-18-30(33)23-34(37)35-31-19-16-29(17-20-31)26-36-25-28(2)40-27-36/h16-21,24-25,27H,4-15,22-23,26H2,1-3H3/p+1. The number of hydrogen-bond donors (Lipinski definition) is 1. The quantitative estimate of drug-likeness (QED) is 0.110. The van der Waals surface area contributed by atoms with Gasteiger partial charge in [-0.1, -0.05) is 107 Å². The predicted octanol–water partition coefficient (Wildman–Crippen LogP) is 8.66. The van der Waals surface area contributed by atoms with E-state index in [1.165, 1.54) is 81.1 Å². The summed E-state index contributed by atoms with van der Waals surface area (Å²) in [6.45, 7) is 5.86. The van der Waals surface area contributed by atoms with E-state index in [-0.39, 0.29) is 12.3 Å². The maximum Gasteiger partial charge on any atom is 0.228 e. The molecule has 1 N–H and O–H groups in total. The van der Waals surface area contributed by atoms with Crippen molar-refractivity contribution in [2.75, 3.05) is 19.0 Å². The summed E-state index contributed by atoms with van der Waals surface area (Å²) in [5, 5.41) is 3.03. The van der Waals surface area contributed by atoms with E-state index in [4.69, 9.17) is 9.47 Å². The molecule has 1 aromatic heterocycles. The first-order valence-electron chi connectivity index (χ1n) is 15.2. The van der Waals surface area contributed by atoms with Gasteiger partial charge in [0.15, 0.2) is 12.7 Å². The summed E-state index contributed by atoms with van der Waals surface area (Å²) < 4.78 is 13.7. The molecule has 0 atom stereocenters. The molecule has 2 aromatic carbocycles. The average molecular weight is 566 g/mol. The zero-order valence-electron chi connectivity index (χ0n) is 24.9. The minimum absolute atomic E-state index is 0.0593. The number of carbonyl (C=O) groups is 1. The third kappa shape index (κ3) is 12.1. The molecule has 0 saturated heterocycles. The molecule has 3 aromatic rings. The van der Waals surface area contributed by atoms with E-state index in [0.717, 1.165) is 35.7 Å². The zero-order chi connectivity index (χ0) is 28.4. The number of amides is 1. The minimum Gasteiger partial charge on any atom is -0.497 e. The summed E-state index contributed by atoms with van der Waals surface area (Å²) in [7, 11) is 1.65. The van der Waals surface area contributed by atoms with Crippen LogP contribution in [0, 0.1) is 6.92 Å². The molecular weight excluding hydrogens is 516 g/mol. The van der Waals surface area contributed by atoms with Gasteiger partial charge in [-0.05, 0) is 31.5 Å². The summed E-state index contributed by atoms with van der Waals surface area (Å²) >= 11 is 1.74. The van der Waals surface area contributed by atoms with E-state index < -0.39 is 0 Å². The molecule has 0 aliphatic carbocycles. The van der Waals surface area contributed by atoms with E-state index in [0.29, 0.717) is 6.61 Å². The molecule has 218 valence electrons. The molecule has 0 radical (unpaired) electrons. The number of anilines is 1. The lowest BCUT2D eigenvalue weighted by molar-refractivity contribution is -0.683. The van der Waals surface area contributed by atoms with Crippen LogP contribution in [0.5, 0.6) is 11.5 Å². The van der Waals surface area contributed by atoms with Crippen LogP contribution < -0.4 is 19.4 Å². The van der Waals surface area contributed by atoms with Crippen LogP contribution in [0.1, 0.15) is 100.0 Å². The zero-order valence-corrected chi connectivity index (χ0v) is 25.7. The van der Waals surface area contributed by atoms with Crippen LogP contribution in [-0.2, 0) is 17.8 Å². The molecule has 1 amide bonds. The molecule has 0 aliphatic heterocycles. The van der Waals surface area contributed by atoms with Gasteiger partial charge >= 0.3 is 0 Å². The Balaban J connectivity index is 1.37. The van der Waals surface area contributed by atoms with E-state index in [1.807, 2.05) is 30.3 Å². The van der Waals surface area contributed by atoms with Gasteiger partial charge in [0, 0.05) is 22.9 Å². The van der Waals surface area contributed by atoms with Crippen molar-refractivity contribution in [2.24, 2.45) is 0 Å². The van der Waals surface area contributed by atoms with Gasteiger partial charge < -0.3 is 14.8 Å². The van der Waals surface area contributed by atoms with Crippen LogP contribution >= 0.6 is 11.3 Å². The number of ether oxygens (including phenoxy) is 2. The number of nitrogens with one attached hydrogen (secondary N) is 1. The van der Waals surface area contributed by atoms with Crippen LogP contribution in [0.2, 0.25) is 0 Å². The van der Waals surface area contributed by atoms with Crippen LogP contribution in [0.3, 0.4) is 0 Å². The van der Waals surface area contributed by atoms with Gasteiger partial charge in [-0.2, -0.15) is 4.57 Å². The molecule has 40 heavy (non-hydrogen) atoms. The topological polar surface area (TPSA) is 51.4 Å². The number of carbonyl (C=O) groups excluding carboxylic acids is 1. The first-order valence-corrected chi connectivity index (χ1v) is 16.1. The number of benzene rings is 2. The first kappa shape index (κ1) is 31.7. The van der Waals surface area contributed by atoms with Crippen molar-refractivity contribution in [1.29, 1.82) is 0 Å². The van der Waals surface area contributed by atoms with Gasteiger partial charge in [-0.15, -0.1) is 0 Å². The Labute approximate surface area is 245 Å². The average Bonchev–Trinajstić information content (AvgIpc) is 3.37. The molecule has 0 bridgehead atoms. The smallest absolute Gasteiger partial charge is 0.228 e. The van der Waals surface area contributed by atoms with Crippen molar-refractivity contribution in [3.05, 3.63) is 70.2 Å². The van der Waals surface area contributed by atoms with Crippen molar-refractivity contribution < 1.29 is 18.8 Å². The van der Waals surface area contributed by atoms with Crippen LogP contribution in [-0.4, -0.2) is 19.6 Å². The molecule has 0 unspecified atom stereocenters. The molecule has 0 fully saturated rings. The van der Waals surface area contributed by atoms with Gasteiger partial charge in [0.25, 0.3) is 0 Å². The van der Waals surface area contributed by atoms with Crippen LogP contribution in [0.4, 0.5) is 5.69 Å². The van der Waals surface area contributed by atoms with Gasteiger partial charge in [0.05, 0.1) is 25.0 Å². The van der Waals surface area contributed by atoms with Crippen molar-refractivity contribution in [3.63, 3.8) is 0 Å². The fraction of sp³-hybridized carbons (Fsp3) is 0.529. The highest BCUT2D eigenvalue weighted by Gasteiger charge is 2.12. The number of rotatable bonds is 20. The Kier molecular flexibility index (Phi) is 14.6. The van der Waals surface area contributed by atoms with Gasteiger partial charge in [-0.25, -0.2) is 0 Å². The molecule has 0 saturated carbocycles. The molecule has 3 rings (SSSR count). The lowest BCUT2D eigenvalue weighted by Gasteiger charge is -2.13. The van der Waals surface area contributed by atoms with Crippen molar-refractivity contribution in [1.82, 2.24) is 0 Å². The van der Waals surface area contributed by atoms with Crippen molar-refractivity contribution in [3.8, 4) is 11.5 Å². The summed E-state index contributed by atoms with van der Waals surface area (Å²) in [6.07, 6.45) is 18.2. The highest BCUT2D eigenvalue weighted by Crippen LogP contribution is 2.26. The number of unbranched alkanes of at least 4 members (excludes halogenated alkanes) is 11. The highest BCUT2D eigenvalue weighted by atomic mass is 32.1. The van der Waals surface area contributed by atoms with Crippen molar-refractivity contribution >= 4 is 22.9 Å². The monoisotopic (exact) mass is 565 g/mol. The minimum atomic E-state index is -0.0593. The molecule has 1 heterocycles. The molecule has 6 heteroatoms. The number of hydrogen-bond acceptors (Lipinski definition) is 4. The SMILES string of the molecule is CCCCCCCCCCCCCCOc1cc(OC)ccc1CC(=O)Nc1ccc(C[n+]2csc(C)c2)cc1. The maximum absolute atomic E-state index is 12.9. The van der Waals surface area contributed by atoms with Crippen molar-refractivity contribution in [2.45, 2.75) is 104 Å². The van der Waals surface area contributed by atoms with E-state index >= 15 is 0 Å². The Bertz CT molecular complexity index is 1130. The Morgan fingerprint density at radius 2 is 1.52 bits per heavy atom. The second kappa shape index (κ2) is 18.5. The molecule has 5 nitrogen and oxygen atoms in total. The Morgan fingerprint density at radius 3 is 2.12 bits per heavy atom. The summed E-state index contributed by atoms with van der Waals surface area (Å²) in [6, 6.07) is 13.8. The van der Waals surface area contributed by atoms with E-state index in [2.05, 4.69) is 47.6 Å². The van der Waals surface area contributed by atoms with E-state index in [9.17, 15) is 4.79 Å². The second-order valence-electron chi connectivity index (χ2n) is 10.8. The van der Waals surface area contributed by atoms with Gasteiger partial charge in [0.1, 0.15) is 11.5 Å². The lowest BCUT2D eigenvalue weighted by Crippen LogP contribution is -2.30. The maximum atomic E-state index is 12.9. The number of aryl methyl sites for hydroxylation is 1. The predicted molar refractivity (Wildman–Crippen MR) is 167 cm³/mol. The summed E-state index contributed by atoms with van der Waals surface area (Å²) in [4.78, 5) is 14.1. The number of methoxy groups -OCH3 is 1. The fourth-order valence-corrected chi connectivity index (χ4v) is 5.51. The first-order chi connectivity index (χ1) is 19.6. The van der Waals surface area contributed by atoms with Crippen LogP contribution in [0.25, 0.3) is 0 Å². The number of aromatic nitrogens is 1. The fourth-order valence-electron chi connectivity index (χ4n) is 4.88. The second-order valence-corrected chi connectivity index (χ2v) is 11.9. The van der Waals surface area contributed by atoms with Crippen LogP contribution in [0.15, 0.2) is 54.2 Å². The lowest BCUT2D eigenvalue weighted by atomic mass is 10.1. The molecule has 0 spiro atoms. The van der Waals surface area contributed by atoms with E-state index in [1.54, 1.807) is 18.4 Å². The summed E-state index contributed by atoms with van der Waals surface area (Å²) in [5.74, 6) is 1.41. The third-order valence-corrected chi connectivity index (χ3v) is 8.06. The van der Waals surface area contributed by atoms with Gasteiger partial charge in [0.2, 0.25) is 11.4 Å². The number of thiazole rings is 1. The largest absolute Gasteiger partial charge is 0.497 e. The van der Waals surface area contributed by atoms with Gasteiger partial charge in [-0.3, -0.25) is 4.79 Å². The normalized spacial score (nSPS) is 11.0. The summed E-state index contributed by atoms with van der Waals surface area (Å²) in [5.41, 5.74) is 4.99. The Morgan fingerprint density at radius 1 is 0.875 bits per heavy atom. The molecular formula is C34H49N2O3S+.